The van der Waals surface area contributed by atoms with Gasteiger partial charge in [0.25, 0.3) is 5.91 Å². The predicted octanol–water partition coefficient (Wildman–Crippen LogP) is 3.10. The van der Waals surface area contributed by atoms with Gasteiger partial charge in [-0.1, -0.05) is 12.1 Å². The van der Waals surface area contributed by atoms with E-state index in [0.29, 0.717) is 13.2 Å². The van der Waals surface area contributed by atoms with Crippen LogP contribution < -0.4 is 5.32 Å². The SMILES string of the molecule is Cc1ncccc1-c1cc(C2=CCOCC2)cc2c1CNC2=O. The number of hydrogen-bond donors (Lipinski definition) is 1. The molecule has 2 aromatic rings. The molecule has 1 N–H and O–H groups in total. The minimum atomic E-state index is 0.0114. The summed E-state index contributed by atoms with van der Waals surface area (Å²) in [5.41, 5.74) is 7.40. The van der Waals surface area contributed by atoms with Gasteiger partial charge >= 0.3 is 0 Å². The van der Waals surface area contributed by atoms with E-state index in [9.17, 15) is 4.79 Å². The maximum atomic E-state index is 12.2. The molecule has 0 aliphatic carbocycles. The summed E-state index contributed by atoms with van der Waals surface area (Å²) in [5.74, 6) is 0.0114. The lowest BCUT2D eigenvalue weighted by Gasteiger charge is -2.17. The van der Waals surface area contributed by atoms with Crippen molar-refractivity contribution in [3.05, 3.63) is 58.9 Å². The van der Waals surface area contributed by atoms with Crippen LogP contribution in [0.3, 0.4) is 0 Å². The number of benzene rings is 1. The van der Waals surface area contributed by atoms with Crippen LogP contribution in [0, 0.1) is 6.92 Å². The summed E-state index contributed by atoms with van der Waals surface area (Å²) in [5, 5.41) is 2.94. The van der Waals surface area contributed by atoms with Crippen molar-refractivity contribution in [3.63, 3.8) is 0 Å². The molecule has 1 aromatic heterocycles. The van der Waals surface area contributed by atoms with Crippen LogP contribution in [0.4, 0.5) is 0 Å². The molecule has 0 saturated heterocycles. The predicted molar refractivity (Wildman–Crippen MR) is 89.0 cm³/mol. The highest BCUT2D eigenvalue weighted by Gasteiger charge is 2.25. The van der Waals surface area contributed by atoms with Gasteiger partial charge in [0.05, 0.1) is 13.2 Å². The van der Waals surface area contributed by atoms with Crippen molar-refractivity contribution < 1.29 is 9.53 Å². The Bertz CT molecular complexity index is 824. The molecule has 2 aliphatic rings. The van der Waals surface area contributed by atoms with E-state index in [1.807, 2.05) is 19.1 Å². The van der Waals surface area contributed by atoms with Gasteiger partial charge in [-0.2, -0.15) is 0 Å². The molecular formula is C19H18N2O2. The molecule has 4 rings (SSSR count). The van der Waals surface area contributed by atoms with E-state index in [1.165, 1.54) is 5.57 Å². The Kier molecular flexibility index (Phi) is 3.46. The van der Waals surface area contributed by atoms with Gasteiger partial charge < -0.3 is 10.1 Å². The number of amides is 1. The highest BCUT2D eigenvalue weighted by atomic mass is 16.5. The summed E-state index contributed by atoms with van der Waals surface area (Å²) in [4.78, 5) is 16.6. The number of carbonyl (C=O) groups is 1. The number of carbonyl (C=O) groups excluding carboxylic acids is 1. The van der Waals surface area contributed by atoms with Crippen molar-refractivity contribution in [2.24, 2.45) is 0 Å². The van der Waals surface area contributed by atoms with Gasteiger partial charge in [-0.3, -0.25) is 9.78 Å². The van der Waals surface area contributed by atoms with E-state index in [2.05, 4.69) is 28.5 Å². The largest absolute Gasteiger partial charge is 0.377 e. The molecule has 1 amide bonds. The highest BCUT2D eigenvalue weighted by Crippen LogP contribution is 2.35. The molecule has 3 heterocycles. The van der Waals surface area contributed by atoms with Crippen LogP contribution >= 0.6 is 0 Å². The van der Waals surface area contributed by atoms with Gasteiger partial charge in [0.15, 0.2) is 0 Å². The molecule has 4 nitrogen and oxygen atoms in total. The summed E-state index contributed by atoms with van der Waals surface area (Å²) >= 11 is 0. The van der Waals surface area contributed by atoms with E-state index in [-0.39, 0.29) is 5.91 Å². The first-order valence-corrected chi connectivity index (χ1v) is 7.88. The third-order valence-corrected chi connectivity index (χ3v) is 4.55. The lowest BCUT2D eigenvalue weighted by molar-refractivity contribution is 0.0965. The maximum absolute atomic E-state index is 12.2. The lowest BCUT2D eigenvalue weighted by Crippen LogP contribution is -2.12. The van der Waals surface area contributed by atoms with Gasteiger partial charge in [-0.25, -0.2) is 0 Å². The first kappa shape index (κ1) is 14.2. The first-order valence-electron chi connectivity index (χ1n) is 7.88. The second kappa shape index (κ2) is 5.63. The van der Waals surface area contributed by atoms with E-state index in [1.54, 1.807) is 6.20 Å². The van der Waals surface area contributed by atoms with Crippen LogP contribution in [0.5, 0.6) is 0 Å². The number of nitrogens with one attached hydrogen (secondary N) is 1. The molecular weight excluding hydrogens is 288 g/mol. The topological polar surface area (TPSA) is 51.2 Å². The number of hydrogen-bond acceptors (Lipinski definition) is 3. The molecule has 4 heteroatoms. The van der Waals surface area contributed by atoms with E-state index >= 15 is 0 Å². The minimum absolute atomic E-state index is 0.0114. The molecule has 0 unspecified atom stereocenters. The van der Waals surface area contributed by atoms with Crippen LogP contribution in [-0.2, 0) is 11.3 Å². The number of pyridine rings is 1. The summed E-state index contributed by atoms with van der Waals surface area (Å²) in [6.07, 6.45) is 4.79. The fourth-order valence-electron chi connectivity index (χ4n) is 3.31. The molecule has 0 bridgehead atoms. The Morgan fingerprint density at radius 1 is 1.22 bits per heavy atom. The summed E-state index contributed by atoms with van der Waals surface area (Å²) < 4.78 is 5.40. The Hall–Kier alpha value is -2.46. The fraction of sp³-hybridized carbons (Fsp3) is 0.263. The average Bonchev–Trinajstić information content (AvgIpc) is 2.97. The monoisotopic (exact) mass is 306 g/mol. The van der Waals surface area contributed by atoms with Crippen LogP contribution in [0.25, 0.3) is 16.7 Å². The lowest BCUT2D eigenvalue weighted by atomic mass is 9.90. The Labute approximate surface area is 135 Å². The van der Waals surface area contributed by atoms with Crippen molar-refractivity contribution in [3.8, 4) is 11.1 Å². The van der Waals surface area contributed by atoms with Crippen molar-refractivity contribution in [1.82, 2.24) is 10.3 Å². The van der Waals surface area contributed by atoms with Gasteiger partial charge in [0, 0.05) is 29.6 Å². The maximum Gasteiger partial charge on any atom is 0.251 e. The first-order chi connectivity index (χ1) is 11.2. The van der Waals surface area contributed by atoms with E-state index in [4.69, 9.17) is 4.74 Å². The number of nitrogens with zero attached hydrogens (tertiary/aromatic N) is 1. The highest BCUT2D eigenvalue weighted by molar-refractivity contribution is 6.01. The Morgan fingerprint density at radius 3 is 2.87 bits per heavy atom. The van der Waals surface area contributed by atoms with Gasteiger partial charge in [-0.05, 0) is 53.8 Å². The number of aryl methyl sites for hydroxylation is 1. The number of rotatable bonds is 2. The van der Waals surface area contributed by atoms with E-state index in [0.717, 1.165) is 46.5 Å². The second-order valence-corrected chi connectivity index (χ2v) is 5.92. The third-order valence-electron chi connectivity index (χ3n) is 4.55. The molecule has 0 spiro atoms. The quantitative estimate of drug-likeness (QED) is 0.927. The van der Waals surface area contributed by atoms with Crippen molar-refractivity contribution >= 4 is 11.5 Å². The van der Waals surface area contributed by atoms with E-state index < -0.39 is 0 Å². The number of aromatic nitrogens is 1. The zero-order valence-electron chi connectivity index (χ0n) is 13.1. The molecule has 2 aliphatic heterocycles. The minimum Gasteiger partial charge on any atom is -0.377 e. The molecule has 1 aromatic carbocycles. The molecule has 116 valence electrons. The molecule has 0 fully saturated rings. The van der Waals surface area contributed by atoms with Crippen LogP contribution in [0.1, 0.15) is 33.6 Å². The number of fused-ring (bicyclic) bond motifs is 1. The average molecular weight is 306 g/mol. The summed E-state index contributed by atoms with van der Waals surface area (Å²) in [6, 6.07) is 8.23. The third kappa shape index (κ3) is 2.45. The standard InChI is InChI=1S/C19H18N2O2/c1-12-15(3-2-6-20-12)16-9-14(13-4-7-23-8-5-13)10-17-18(16)11-21-19(17)22/h2-4,6,9-10H,5,7-8,11H2,1H3,(H,21,22). The molecule has 0 atom stereocenters. The Morgan fingerprint density at radius 2 is 2.09 bits per heavy atom. The number of ether oxygens (including phenoxy) is 1. The molecule has 0 radical (unpaired) electrons. The molecule has 0 saturated carbocycles. The summed E-state index contributed by atoms with van der Waals surface area (Å²) in [6.45, 7) is 3.96. The Balaban J connectivity index is 1.93. The van der Waals surface area contributed by atoms with Gasteiger partial charge in [0.2, 0.25) is 0 Å². The summed E-state index contributed by atoms with van der Waals surface area (Å²) in [7, 11) is 0. The normalized spacial score (nSPS) is 16.7. The fourth-order valence-corrected chi connectivity index (χ4v) is 3.31. The van der Waals surface area contributed by atoms with Crippen molar-refractivity contribution in [1.29, 1.82) is 0 Å². The van der Waals surface area contributed by atoms with Crippen LogP contribution in [0.15, 0.2) is 36.5 Å². The zero-order valence-corrected chi connectivity index (χ0v) is 13.1. The zero-order chi connectivity index (χ0) is 15.8. The van der Waals surface area contributed by atoms with Crippen molar-refractivity contribution in [2.75, 3.05) is 13.2 Å². The second-order valence-electron chi connectivity index (χ2n) is 5.92. The van der Waals surface area contributed by atoms with Crippen molar-refractivity contribution in [2.45, 2.75) is 19.9 Å². The molecule has 23 heavy (non-hydrogen) atoms. The van der Waals surface area contributed by atoms with Crippen LogP contribution in [0.2, 0.25) is 0 Å². The smallest absolute Gasteiger partial charge is 0.251 e. The van der Waals surface area contributed by atoms with Crippen LogP contribution in [-0.4, -0.2) is 24.1 Å². The van der Waals surface area contributed by atoms with Gasteiger partial charge in [0.1, 0.15) is 0 Å². The van der Waals surface area contributed by atoms with Gasteiger partial charge in [-0.15, -0.1) is 0 Å².